The lowest BCUT2D eigenvalue weighted by Crippen LogP contribution is -2.42. The maximum atomic E-state index is 12.9. The van der Waals surface area contributed by atoms with Gasteiger partial charge in [-0.25, -0.2) is 4.79 Å². The molecule has 1 aliphatic heterocycles. The summed E-state index contributed by atoms with van der Waals surface area (Å²) in [4.78, 5) is 38.3. The third-order valence-electron chi connectivity index (χ3n) is 6.01. The smallest absolute Gasteiger partial charge is 0.328 e. The molecule has 0 unspecified atom stereocenters. The summed E-state index contributed by atoms with van der Waals surface area (Å²) in [6.07, 6.45) is 1.68. The first-order valence-corrected chi connectivity index (χ1v) is 12.9. The fraction of sp³-hybridized carbons (Fsp3) is 0.222. The normalized spacial score (nSPS) is 15.4. The van der Waals surface area contributed by atoms with Gasteiger partial charge in [-0.15, -0.1) is 0 Å². The van der Waals surface area contributed by atoms with Gasteiger partial charge in [0.25, 0.3) is 11.1 Å². The summed E-state index contributed by atoms with van der Waals surface area (Å²) in [5.74, 6) is -0.476. The third kappa shape index (κ3) is 5.56. The molecule has 3 aromatic rings. The first kappa shape index (κ1) is 26.9. The van der Waals surface area contributed by atoms with Crippen LogP contribution in [0.1, 0.15) is 29.4 Å². The molecular weight excluding hydrogens is 535 g/mol. The van der Waals surface area contributed by atoms with Gasteiger partial charge in [-0.2, -0.15) is 0 Å². The SMILES string of the molecule is COC(=O)[C@@H](C)N1C(=O)S/C(=C/c2cc(C)n(-c3ccc(OCc4ccc(Cl)cc4Cl)cc3)c2C)C1=O. The summed E-state index contributed by atoms with van der Waals surface area (Å²) in [5.41, 5.74) is 4.40. The number of imide groups is 1. The van der Waals surface area contributed by atoms with Crippen LogP contribution in [0.2, 0.25) is 10.0 Å². The second kappa shape index (κ2) is 11.0. The number of carbonyl (C=O) groups is 3. The van der Waals surface area contributed by atoms with Crippen LogP contribution in [0.3, 0.4) is 0 Å². The molecule has 4 rings (SSSR count). The van der Waals surface area contributed by atoms with Crippen LogP contribution in [0.15, 0.2) is 53.4 Å². The second-order valence-corrected chi connectivity index (χ2v) is 10.3. The number of nitrogens with zero attached hydrogens (tertiary/aromatic N) is 2. The first-order chi connectivity index (χ1) is 17.6. The molecule has 0 radical (unpaired) electrons. The number of amides is 2. The number of hydrogen-bond donors (Lipinski definition) is 0. The number of esters is 1. The Kier molecular flexibility index (Phi) is 8.02. The van der Waals surface area contributed by atoms with E-state index in [9.17, 15) is 14.4 Å². The highest BCUT2D eigenvalue weighted by Gasteiger charge is 2.41. The lowest BCUT2D eigenvalue weighted by atomic mass is 10.2. The molecule has 1 fully saturated rings. The number of aryl methyl sites for hydroxylation is 1. The third-order valence-corrected chi connectivity index (χ3v) is 7.49. The van der Waals surface area contributed by atoms with E-state index in [1.54, 1.807) is 18.2 Å². The number of ether oxygens (including phenoxy) is 2. The minimum absolute atomic E-state index is 0.255. The molecule has 10 heteroatoms. The van der Waals surface area contributed by atoms with Crippen LogP contribution < -0.4 is 4.74 Å². The Morgan fingerprint density at radius 1 is 1.08 bits per heavy atom. The maximum Gasteiger partial charge on any atom is 0.328 e. The molecular formula is C27H24Cl2N2O5S. The minimum atomic E-state index is -0.993. The largest absolute Gasteiger partial charge is 0.489 e. The number of aromatic nitrogens is 1. The van der Waals surface area contributed by atoms with E-state index in [0.29, 0.717) is 22.4 Å². The van der Waals surface area contributed by atoms with Crippen LogP contribution in [-0.4, -0.2) is 39.7 Å². The van der Waals surface area contributed by atoms with Crippen molar-refractivity contribution >= 4 is 58.2 Å². The molecule has 192 valence electrons. The van der Waals surface area contributed by atoms with Crippen molar-refractivity contribution in [3.63, 3.8) is 0 Å². The molecule has 1 saturated heterocycles. The summed E-state index contributed by atoms with van der Waals surface area (Å²) in [5, 5.41) is 0.618. The lowest BCUT2D eigenvalue weighted by molar-refractivity contribution is -0.148. The van der Waals surface area contributed by atoms with E-state index in [4.69, 9.17) is 27.9 Å². The number of carbonyl (C=O) groups excluding carboxylic acids is 3. The van der Waals surface area contributed by atoms with Crippen molar-refractivity contribution in [3.8, 4) is 11.4 Å². The zero-order chi connectivity index (χ0) is 26.9. The van der Waals surface area contributed by atoms with Crippen LogP contribution >= 0.6 is 35.0 Å². The number of hydrogen-bond acceptors (Lipinski definition) is 6. The zero-order valence-corrected chi connectivity index (χ0v) is 22.9. The van der Waals surface area contributed by atoms with Crippen molar-refractivity contribution in [2.45, 2.75) is 33.4 Å². The molecule has 0 bridgehead atoms. The molecule has 2 amide bonds. The molecule has 7 nitrogen and oxygen atoms in total. The highest BCUT2D eigenvalue weighted by molar-refractivity contribution is 8.18. The first-order valence-electron chi connectivity index (χ1n) is 11.3. The number of halogens is 2. The minimum Gasteiger partial charge on any atom is -0.489 e. The van der Waals surface area contributed by atoms with E-state index < -0.39 is 23.2 Å². The molecule has 0 saturated carbocycles. The molecule has 1 aliphatic rings. The Labute approximate surface area is 228 Å². The van der Waals surface area contributed by atoms with Gasteiger partial charge < -0.3 is 14.0 Å². The van der Waals surface area contributed by atoms with E-state index in [1.165, 1.54) is 14.0 Å². The fourth-order valence-corrected chi connectivity index (χ4v) is 5.42. The van der Waals surface area contributed by atoms with E-state index in [1.807, 2.05) is 54.8 Å². The molecule has 0 aliphatic carbocycles. The van der Waals surface area contributed by atoms with Crippen molar-refractivity contribution in [1.29, 1.82) is 0 Å². The van der Waals surface area contributed by atoms with Gasteiger partial charge in [0.05, 0.1) is 12.0 Å². The number of methoxy groups -OCH3 is 1. The Balaban J connectivity index is 1.52. The summed E-state index contributed by atoms with van der Waals surface area (Å²) in [7, 11) is 1.22. The van der Waals surface area contributed by atoms with Gasteiger partial charge in [0.1, 0.15) is 18.4 Å². The van der Waals surface area contributed by atoms with Crippen molar-refractivity contribution in [3.05, 3.63) is 86.0 Å². The van der Waals surface area contributed by atoms with Crippen molar-refractivity contribution in [2.24, 2.45) is 0 Å². The van der Waals surface area contributed by atoms with Gasteiger partial charge >= 0.3 is 5.97 Å². The lowest BCUT2D eigenvalue weighted by Gasteiger charge is -2.18. The van der Waals surface area contributed by atoms with Crippen molar-refractivity contribution < 1.29 is 23.9 Å². The van der Waals surface area contributed by atoms with Gasteiger partial charge in [-0.1, -0.05) is 29.3 Å². The zero-order valence-electron chi connectivity index (χ0n) is 20.6. The Bertz CT molecular complexity index is 1410. The van der Waals surface area contributed by atoms with Gasteiger partial charge in [0.15, 0.2) is 0 Å². The molecule has 1 atom stereocenters. The van der Waals surface area contributed by atoms with Crippen LogP contribution in [0.4, 0.5) is 4.79 Å². The van der Waals surface area contributed by atoms with E-state index >= 15 is 0 Å². The molecule has 2 aromatic carbocycles. The average Bonchev–Trinajstić information content (AvgIpc) is 3.31. The summed E-state index contributed by atoms with van der Waals surface area (Å²) in [6, 6.07) is 13.9. The van der Waals surface area contributed by atoms with Gasteiger partial charge in [-0.3, -0.25) is 14.5 Å². The molecule has 0 spiro atoms. The summed E-state index contributed by atoms with van der Waals surface area (Å²) < 4.78 is 12.6. The van der Waals surface area contributed by atoms with E-state index in [2.05, 4.69) is 4.74 Å². The Morgan fingerprint density at radius 2 is 1.78 bits per heavy atom. The van der Waals surface area contributed by atoms with Crippen LogP contribution in [0.5, 0.6) is 5.75 Å². The average molecular weight is 559 g/mol. The van der Waals surface area contributed by atoms with Gasteiger partial charge in [0.2, 0.25) is 0 Å². The Morgan fingerprint density at radius 3 is 2.43 bits per heavy atom. The standard InChI is InChI=1S/C27H24Cl2N2O5S/c1-15-11-19(12-24-25(32)31(27(34)37-24)17(3)26(33)35-4)16(2)30(15)21-7-9-22(10-8-21)36-14-18-5-6-20(28)13-23(18)29/h5-13,17H,14H2,1-4H3/b24-12+/t17-/m1/s1. The summed E-state index contributed by atoms with van der Waals surface area (Å²) >= 11 is 13.0. The second-order valence-electron chi connectivity index (χ2n) is 8.43. The topological polar surface area (TPSA) is 77.8 Å². The van der Waals surface area contributed by atoms with Crippen molar-refractivity contribution in [2.75, 3.05) is 7.11 Å². The number of benzene rings is 2. The monoisotopic (exact) mass is 558 g/mol. The number of rotatable bonds is 7. The van der Waals surface area contributed by atoms with Gasteiger partial charge in [-0.05, 0) is 86.6 Å². The molecule has 0 N–H and O–H groups in total. The predicted molar refractivity (Wildman–Crippen MR) is 145 cm³/mol. The molecule has 2 heterocycles. The fourth-order valence-electron chi connectivity index (χ4n) is 4.05. The quantitative estimate of drug-likeness (QED) is 0.241. The molecule has 1 aromatic heterocycles. The van der Waals surface area contributed by atoms with Crippen molar-refractivity contribution in [1.82, 2.24) is 9.47 Å². The van der Waals surface area contributed by atoms with Crippen LogP contribution in [0, 0.1) is 13.8 Å². The number of thioether (sulfide) groups is 1. The van der Waals surface area contributed by atoms with E-state index in [-0.39, 0.29) is 4.91 Å². The molecule has 37 heavy (non-hydrogen) atoms. The predicted octanol–water partition coefficient (Wildman–Crippen LogP) is 6.58. The van der Waals surface area contributed by atoms with E-state index in [0.717, 1.165) is 44.9 Å². The van der Waals surface area contributed by atoms with Crippen LogP contribution in [0.25, 0.3) is 11.8 Å². The maximum absolute atomic E-state index is 12.9. The van der Waals surface area contributed by atoms with Gasteiger partial charge in [0, 0.05) is 32.7 Å². The highest BCUT2D eigenvalue weighted by atomic mass is 35.5. The summed E-state index contributed by atoms with van der Waals surface area (Å²) in [6.45, 7) is 5.68. The highest BCUT2D eigenvalue weighted by Crippen LogP contribution is 2.35. The Hall–Kier alpha value is -3.20. The van der Waals surface area contributed by atoms with Crippen LogP contribution in [-0.2, 0) is 20.9 Å².